The van der Waals surface area contributed by atoms with E-state index in [1.165, 1.54) is 25.9 Å². The van der Waals surface area contributed by atoms with Gasteiger partial charge in [-0.3, -0.25) is 4.90 Å². The number of hydrogen-bond acceptors (Lipinski definition) is 3. The molecule has 2 heterocycles. The number of ether oxygens (including phenoxy) is 1. The van der Waals surface area contributed by atoms with Crippen molar-refractivity contribution in [3.63, 3.8) is 0 Å². The molecule has 100 valence electrons. The molecule has 0 amide bonds. The van der Waals surface area contributed by atoms with Crippen molar-refractivity contribution in [2.75, 3.05) is 26.2 Å². The SMILES string of the molecule is CC1CCN(C2(CN)CCOC(C)(C)C2)CC1. The lowest BCUT2D eigenvalue weighted by Gasteiger charge is -2.52. The maximum absolute atomic E-state index is 6.13. The molecule has 2 saturated heterocycles. The normalized spacial score (nSPS) is 36.0. The highest BCUT2D eigenvalue weighted by atomic mass is 16.5. The van der Waals surface area contributed by atoms with E-state index in [-0.39, 0.29) is 11.1 Å². The molecule has 0 aromatic rings. The lowest BCUT2D eigenvalue weighted by molar-refractivity contribution is -0.122. The average molecular weight is 240 g/mol. The summed E-state index contributed by atoms with van der Waals surface area (Å²) in [5.74, 6) is 0.883. The first-order valence-electron chi connectivity index (χ1n) is 7.07. The van der Waals surface area contributed by atoms with E-state index in [1.807, 2.05) is 0 Å². The molecule has 0 bridgehead atoms. The zero-order chi connectivity index (χ0) is 12.5. The number of hydrogen-bond donors (Lipinski definition) is 1. The number of piperidine rings is 1. The minimum atomic E-state index is -0.0132. The Morgan fingerprint density at radius 2 is 1.94 bits per heavy atom. The van der Waals surface area contributed by atoms with Crippen molar-refractivity contribution >= 4 is 0 Å². The van der Waals surface area contributed by atoms with Crippen LogP contribution < -0.4 is 5.73 Å². The van der Waals surface area contributed by atoms with Gasteiger partial charge in [-0.05, 0) is 58.5 Å². The maximum atomic E-state index is 6.13. The monoisotopic (exact) mass is 240 g/mol. The van der Waals surface area contributed by atoms with Crippen LogP contribution in [0, 0.1) is 5.92 Å². The van der Waals surface area contributed by atoms with E-state index in [4.69, 9.17) is 10.5 Å². The van der Waals surface area contributed by atoms with Gasteiger partial charge in [0.2, 0.25) is 0 Å². The Morgan fingerprint density at radius 1 is 1.29 bits per heavy atom. The summed E-state index contributed by atoms with van der Waals surface area (Å²) < 4.78 is 5.85. The van der Waals surface area contributed by atoms with Crippen molar-refractivity contribution in [3.05, 3.63) is 0 Å². The third-order valence-corrected chi connectivity index (χ3v) is 4.65. The molecule has 0 aromatic heterocycles. The van der Waals surface area contributed by atoms with Gasteiger partial charge in [0.15, 0.2) is 0 Å². The minimum absolute atomic E-state index is 0.0132. The molecule has 3 heteroatoms. The summed E-state index contributed by atoms with van der Waals surface area (Å²) in [6.07, 6.45) is 4.82. The summed E-state index contributed by atoms with van der Waals surface area (Å²) >= 11 is 0. The van der Waals surface area contributed by atoms with Crippen LogP contribution in [-0.4, -0.2) is 42.3 Å². The molecule has 2 N–H and O–H groups in total. The van der Waals surface area contributed by atoms with Gasteiger partial charge in [0.25, 0.3) is 0 Å². The minimum Gasteiger partial charge on any atom is -0.375 e. The predicted molar refractivity (Wildman–Crippen MR) is 71.0 cm³/mol. The third kappa shape index (κ3) is 2.83. The van der Waals surface area contributed by atoms with E-state index >= 15 is 0 Å². The lowest BCUT2D eigenvalue weighted by atomic mass is 9.78. The van der Waals surface area contributed by atoms with Crippen molar-refractivity contribution in [2.45, 2.75) is 57.6 Å². The van der Waals surface area contributed by atoms with Crippen molar-refractivity contribution in [1.82, 2.24) is 4.90 Å². The average Bonchev–Trinajstić information content (AvgIpc) is 2.28. The molecule has 1 atom stereocenters. The van der Waals surface area contributed by atoms with Crippen molar-refractivity contribution in [1.29, 1.82) is 0 Å². The lowest BCUT2D eigenvalue weighted by Crippen LogP contribution is -2.62. The summed E-state index contributed by atoms with van der Waals surface area (Å²) in [5.41, 5.74) is 6.31. The second-order valence-corrected chi connectivity index (χ2v) is 6.63. The smallest absolute Gasteiger partial charge is 0.0644 e. The summed E-state index contributed by atoms with van der Waals surface area (Å²) in [5, 5.41) is 0. The van der Waals surface area contributed by atoms with Gasteiger partial charge in [0.1, 0.15) is 0 Å². The molecule has 0 saturated carbocycles. The highest BCUT2D eigenvalue weighted by Crippen LogP contribution is 2.37. The fourth-order valence-corrected chi connectivity index (χ4v) is 3.51. The van der Waals surface area contributed by atoms with Crippen LogP contribution in [0.15, 0.2) is 0 Å². The summed E-state index contributed by atoms with van der Waals surface area (Å²) in [6.45, 7) is 10.8. The summed E-state index contributed by atoms with van der Waals surface area (Å²) in [6, 6.07) is 0. The predicted octanol–water partition coefficient (Wildman–Crippen LogP) is 2.00. The Kier molecular flexibility index (Phi) is 3.81. The summed E-state index contributed by atoms with van der Waals surface area (Å²) in [7, 11) is 0. The molecule has 17 heavy (non-hydrogen) atoms. The van der Waals surface area contributed by atoms with Gasteiger partial charge in [-0.2, -0.15) is 0 Å². The second kappa shape index (κ2) is 4.87. The van der Waals surface area contributed by atoms with Gasteiger partial charge in [0.05, 0.1) is 5.60 Å². The van der Waals surface area contributed by atoms with E-state index in [2.05, 4.69) is 25.7 Å². The van der Waals surface area contributed by atoms with Gasteiger partial charge in [-0.25, -0.2) is 0 Å². The standard InChI is InChI=1S/C14H28N2O/c1-12-4-7-16(8-5-12)14(11-15)6-9-17-13(2,3)10-14/h12H,4-11,15H2,1-3H3. The van der Waals surface area contributed by atoms with Gasteiger partial charge in [0, 0.05) is 18.7 Å². The van der Waals surface area contributed by atoms with Crippen LogP contribution in [0.4, 0.5) is 0 Å². The first-order chi connectivity index (χ1) is 7.97. The topological polar surface area (TPSA) is 38.5 Å². The van der Waals surface area contributed by atoms with Crippen LogP contribution in [0.5, 0.6) is 0 Å². The molecule has 3 nitrogen and oxygen atoms in total. The Bertz CT molecular complexity index is 259. The quantitative estimate of drug-likeness (QED) is 0.802. The number of likely N-dealkylation sites (tertiary alicyclic amines) is 1. The van der Waals surface area contributed by atoms with Gasteiger partial charge < -0.3 is 10.5 Å². The summed E-state index contributed by atoms with van der Waals surface area (Å²) in [4.78, 5) is 2.65. The molecule has 0 radical (unpaired) electrons. The van der Waals surface area contributed by atoms with E-state index < -0.39 is 0 Å². The number of nitrogens with zero attached hydrogens (tertiary/aromatic N) is 1. The molecule has 0 aromatic carbocycles. The molecule has 2 aliphatic heterocycles. The zero-order valence-electron chi connectivity index (χ0n) is 11.7. The maximum Gasteiger partial charge on any atom is 0.0644 e. The third-order valence-electron chi connectivity index (χ3n) is 4.65. The van der Waals surface area contributed by atoms with Crippen LogP contribution in [-0.2, 0) is 4.74 Å². The highest BCUT2D eigenvalue weighted by molar-refractivity contribution is 5.00. The molecule has 0 spiro atoms. The Morgan fingerprint density at radius 3 is 2.47 bits per heavy atom. The van der Waals surface area contributed by atoms with Crippen molar-refractivity contribution < 1.29 is 4.74 Å². The van der Waals surface area contributed by atoms with Gasteiger partial charge in [-0.15, -0.1) is 0 Å². The molecular formula is C14H28N2O. The van der Waals surface area contributed by atoms with E-state index in [9.17, 15) is 0 Å². The van der Waals surface area contributed by atoms with Crippen LogP contribution in [0.3, 0.4) is 0 Å². The number of nitrogens with two attached hydrogens (primary N) is 1. The van der Waals surface area contributed by atoms with Crippen LogP contribution in [0.2, 0.25) is 0 Å². The fraction of sp³-hybridized carbons (Fsp3) is 1.00. The van der Waals surface area contributed by atoms with Crippen LogP contribution in [0.1, 0.15) is 46.5 Å². The molecule has 2 fully saturated rings. The largest absolute Gasteiger partial charge is 0.375 e. The van der Waals surface area contributed by atoms with Crippen molar-refractivity contribution in [3.8, 4) is 0 Å². The van der Waals surface area contributed by atoms with Gasteiger partial charge in [-0.1, -0.05) is 6.92 Å². The molecular weight excluding hydrogens is 212 g/mol. The van der Waals surface area contributed by atoms with Crippen LogP contribution >= 0.6 is 0 Å². The van der Waals surface area contributed by atoms with Crippen molar-refractivity contribution in [2.24, 2.45) is 11.7 Å². The first kappa shape index (κ1) is 13.3. The molecule has 2 rings (SSSR count). The fourth-order valence-electron chi connectivity index (χ4n) is 3.51. The van der Waals surface area contributed by atoms with E-state index in [0.717, 1.165) is 31.9 Å². The second-order valence-electron chi connectivity index (χ2n) is 6.63. The molecule has 2 aliphatic rings. The van der Waals surface area contributed by atoms with E-state index in [1.54, 1.807) is 0 Å². The van der Waals surface area contributed by atoms with Crippen LogP contribution in [0.25, 0.3) is 0 Å². The van der Waals surface area contributed by atoms with Gasteiger partial charge >= 0.3 is 0 Å². The highest BCUT2D eigenvalue weighted by Gasteiger charge is 2.44. The first-order valence-corrected chi connectivity index (χ1v) is 7.07. The zero-order valence-corrected chi connectivity index (χ0v) is 11.7. The number of rotatable bonds is 2. The Balaban J connectivity index is 2.08. The Labute approximate surface area is 106 Å². The molecule has 0 aliphatic carbocycles. The van der Waals surface area contributed by atoms with E-state index in [0.29, 0.717) is 0 Å². The molecule has 1 unspecified atom stereocenters. The Hall–Kier alpha value is -0.120.